The third-order valence-electron chi connectivity index (χ3n) is 8.01. The van der Waals surface area contributed by atoms with Crippen LogP contribution in [0, 0.1) is 6.92 Å². The number of likely N-dealkylation sites (tertiary alicyclic amines) is 1. The highest BCUT2D eigenvalue weighted by Crippen LogP contribution is 2.21. The predicted molar refractivity (Wildman–Crippen MR) is 197 cm³/mol. The van der Waals surface area contributed by atoms with Crippen molar-refractivity contribution in [2.45, 2.75) is 108 Å². The third-order valence-corrected chi connectivity index (χ3v) is 9.38. The van der Waals surface area contributed by atoms with E-state index in [1.165, 1.54) is 30.9 Å². The van der Waals surface area contributed by atoms with E-state index in [0.717, 1.165) is 11.1 Å². The Bertz CT molecular complexity index is 1730. The first kappa shape index (κ1) is 42.2. The summed E-state index contributed by atoms with van der Waals surface area (Å²) in [7, 11) is -3.98. The van der Waals surface area contributed by atoms with Gasteiger partial charge < -0.3 is 31.2 Å². The number of benzene rings is 2. The van der Waals surface area contributed by atoms with Crippen molar-refractivity contribution in [2.24, 2.45) is 10.7 Å². The molecule has 0 radical (unpaired) electrons. The van der Waals surface area contributed by atoms with Gasteiger partial charge in [0.25, 0.3) is 10.0 Å². The molecule has 16 nitrogen and oxygen atoms in total. The second-order valence-electron chi connectivity index (χ2n) is 13.8. The fourth-order valence-electron chi connectivity index (χ4n) is 5.19. The first-order valence-corrected chi connectivity index (χ1v) is 18.9. The SMILES string of the molecule is Cc1ccc(S(=O)(=O)NC(N)=NCCC[C@H](NC(=O)[C@@H](C)NC(=O)[C@@H]2CCCN2C(=O)OC(C)(C)C)C(=O)N[C@H](C)C(=O)OCc2ccccc2)cc1. The van der Waals surface area contributed by atoms with Crippen LogP contribution in [-0.2, 0) is 45.3 Å². The van der Waals surface area contributed by atoms with Gasteiger partial charge in [-0.15, -0.1) is 0 Å². The van der Waals surface area contributed by atoms with Gasteiger partial charge in [0.2, 0.25) is 23.7 Å². The summed E-state index contributed by atoms with van der Waals surface area (Å²) in [6, 6.07) is 10.9. The number of esters is 1. The Labute approximate surface area is 310 Å². The number of ether oxygens (including phenoxy) is 2. The molecule has 290 valence electrons. The smallest absolute Gasteiger partial charge is 0.410 e. The molecule has 1 saturated heterocycles. The van der Waals surface area contributed by atoms with Crippen molar-refractivity contribution >= 4 is 45.8 Å². The molecule has 4 amide bonds. The van der Waals surface area contributed by atoms with Gasteiger partial charge in [-0.2, -0.15) is 0 Å². The molecule has 4 atom stereocenters. The molecule has 3 rings (SSSR count). The van der Waals surface area contributed by atoms with E-state index < -0.39 is 69.6 Å². The van der Waals surface area contributed by atoms with Gasteiger partial charge in [-0.3, -0.25) is 24.3 Å². The van der Waals surface area contributed by atoms with E-state index in [2.05, 4.69) is 25.7 Å². The van der Waals surface area contributed by atoms with Gasteiger partial charge in [0.15, 0.2) is 0 Å². The second kappa shape index (κ2) is 19.0. The molecular formula is C36H51N7O9S. The van der Waals surface area contributed by atoms with E-state index in [1.54, 1.807) is 57.2 Å². The lowest BCUT2D eigenvalue weighted by Gasteiger charge is -2.29. The summed E-state index contributed by atoms with van der Waals surface area (Å²) < 4.78 is 38.3. The maximum absolute atomic E-state index is 13.4. The summed E-state index contributed by atoms with van der Waals surface area (Å²) >= 11 is 0. The molecule has 2 aromatic carbocycles. The van der Waals surface area contributed by atoms with Crippen molar-refractivity contribution in [3.8, 4) is 0 Å². The number of nitrogens with one attached hydrogen (secondary N) is 4. The van der Waals surface area contributed by atoms with Crippen LogP contribution < -0.4 is 26.4 Å². The molecule has 1 aliphatic rings. The number of amides is 4. The van der Waals surface area contributed by atoms with Gasteiger partial charge in [0.1, 0.15) is 36.4 Å². The van der Waals surface area contributed by atoms with Crippen LogP contribution in [0.15, 0.2) is 64.5 Å². The van der Waals surface area contributed by atoms with Crippen LogP contribution in [0.2, 0.25) is 0 Å². The van der Waals surface area contributed by atoms with Crippen molar-refractivity contribution < 1.29 is 41.9 Å². The van der Waals surface area contributed by atoms with Gasteiger partial charge in [-0.1, -0.05) is 48.0 Å². The Kier molecular flexibility index (Phi) is 15.2. The molecular weight excluding hydrogens is 707 g/mol. The maximum atomic E-state index is 13.4. The van der Waals surface area contributed by atoms with Gasteiger partial charge in [-0.05, 0) is 84.9 Å². The first-order chi connectivity index (χ1) is 24.9. The minimum Gasteiger partial charge on any atom is -0.459 e. The van der Waals surface area contributed by atoms with E-state index in [1.807, 2.05) is 13.0 Å². The zero-order chi connectivity index (χ0) is 39.3. The van der Waals surface area contributed by atoms with Crippen LogP contribution >= 0.6 is 0 Å². The monoisotopic (exact) mass is 757 g/mol. The molecule has 1 heterocycles. The summed E-state index contributed by atoms with van der Waals surface area (Å²) in [6.07, 6.45) is 0.485. The number of carbonyl (C=O) groups is 5. The predicted octanol–water partition coefficient (Wildman–Crippen LogP) is 2.01. The number of rotatable bonds is 15. The topological polar surface area (TPSA) is 228 Å². The third kappa shape index (κ3) is 13.7. The van der Waals surface area contributed by atoms with Crippen LogP contribution in [0.1, 0.15) is 71.4 Å². The standard InChI is InChI=1S/C36H51N7O9S/c1-23-16-18-27(19-17-23)53(49,50)42-34(37)38-20-10-14-28(31(45)40-25(3)33(47)51-22-26-12-8-7-9-13-26)41-30(44)24(2)39-32(46)29-15-11-21-43(29)35(48)52-36(4,5)6/h7-9,12-13,16-19,24-25,28-29H,10-11,14-15,20-22H2,1-6H3,(H,39,46)(H,40,45)(H,41,44)(H3,37,38,42)/t24-,25-,28+,29+/m1/s1. The Morgan fingerprint density at radius 2 is 1.60 bits per heavy atom. The Balaban J connectivity index is 1.65. The molecule has 0 bridgehead atoms. The summed E-state index contributed by atoms with van der Waals surface area (Å²) in [5.74, 6) is -3.02. The van der Waals surface area contributed by atoms with E-state index in [0.29, 0.717) is 19.4 Å². The molecule has 0 spiro atoms. The molecule has 1 aliphatic heterocycles. The Morgan fingerprint density at radius 3 is 2.25 bits per heavy atom. The minimum atomic E-state index is -3.98. The number of carbonyl (C=O) groups excluding carboxylic acids is 5. The van der Waals surface area contributed by atoms with Crippen LogP contribution in [0.5, 0.6) is 0 Å². The van der Waals surface area contributed by atoms with Gasteiger partial charge >= 0.3 is 12.1 Å². The lowest BCUT2D eigenvalue weighted by atomic mass is 10.1. The number of aryl methyl sites for hydroxylation is 1. The molecule has 2 aromatic rings. The molecule has 0 aromatic heterocycles. The van der Waals surface area contributed by atoms with E-state index in [-0.39, 0.29) is 36.8 Å². The normalized spacial score (nSPS) is 16.5. The number of hydrogen-bond acceptors (Lipinski definition) is 10. The highest BCUT2D eigenvalue weighted by Gasteiger charge is 2.38. The molecule has 17 heteroatoms. The molecule has 53 heavy (non-hydrogen) atoms. The fraction of sp³-hybridized carbons (Fsp3) is 0.500. The van der Waals surface area contributed by atoms with E-state index in [9.17, 15) is 32.4 Å². The summed E-state index contributed by atoms with van der Waals surface area (Å²) in [4.78, 5) is 70.7. The zero-order valence-corrected chi connectivity index (χ0v) is 31.8. The van der Waals surface area contributed by atoms with Crippen molar-refractivity contribution in [3.63, 3.8) is 0 Å². The Morgan fingerprint density at radius 1 is 0.943 bits per heavy atom. The van der Waals surface area contributed by atoms with Gasteiger partial charge in [0, 0.05) is 13.1 Å². The van der Waals surface area contributed by atoms with E-state index in [4.69, 9.17) is 15.2 Å². The summed E-state index contributed by atoms with van der Waals surface area (Å²) in [5.41, 5.74) is 6.72. The first-order valence-electron chi connectivity index (χ1n) is 17.4. The number of guanidine groups is 1. The Hall–Kier alpha value is -5.19. The van der Waals surface area contributed by atoms with Crippen molar-refractivity contribution in [3.05, 3.63) is 65.7 Å². The summed E-state index contributed by atoms with van der Waals surface area (Å²) in [6.45, 7) is 10.2. The zero-order valence-electron chi connectivity index (χ0n) is 31.0. The quantitative estimate of drug-likeness (QED) is 0.0769. The fourth-order valence-corrected chi connectivity index (χ4v) is 6.14. The average molecular weight is 758 g/mol. The molecule has 1 fully saturated rings. The van der Waals surface area contributed by atoms with Crippen LogP contribution in [-0.4, -0.2) is 91.9 Å². The van der Waals surface area contributed by atoms with E-state index >= 15 is 0 Å². The highest BCUT2D eigenvalue weighted by atomic mass is 32.2. The van der Waals surface area contributed by atoms with Crippen LogP contribution in [0.25, 0.3) is 0 Å². The lowest BCUT2D eigenvalue weighted by molar-refractivity contribution is -0.148. The van der Waals surface area contributed by atoms with Crippen LogP contribution in [0.3, 0.4) is 0 Å². The number of nitrogens with zero attached hydrogens (tertiary/aromatic N) is 2. The minimum absolute atomic E-state index is 0.000557. The number of sulfonamides is 1. The summed E-state index contributed by atoms with van der Waals surface area (Å²) in [5, 5.41) is 7.79. The van der Waals surface area contributed by atoms with Gasteiger partial charge in [-0.25, -0.2) is 22.7 Å². The highest BCUT2D eigenvalue weighted by molar-refractivity contribution is 7.90. The molecule has 0 unspecified atom stereocenters. The largest absolute Gasteiger partial charge is 0.459 e. The lowest BCUT2D eigenvalue weighted by Crippen LogP contribution is -2.56. The maximum Gasteiger partial charge on any atom is 0.410 e. The number of hydrogen-bond donors (Lipinski definition) is 5. The molecule has 6 N–H and O–H groups in total. The molecule has 0 aliphatic carbocycles. The average Bonchev–Trinajstić information content (AvgIpc) is 3.59. The van der Waals surface area contributed by atoms with Crippen molar-refractivity contribution in [2.75, 3.05) is 13.1 Å². The molecule has 0 saturated carbocycles. The second-order valence-corrected chi connectivity index (χ2v) is 15.5. The van der Waals surface area contributed by atoms with Gasteiger partial charge in [0.05, 0.1) is 4.90 Å². The number of aliphatic imine (C=N–C) groups is 1. The number of nitrogens with two attached hydrogens (primary N) is 1. The van der Waals surface area contributed by atoms with Crippen LogP contribution in [0.4, 0.5) is 4.79 Å². The van der Waals surface area contributed by atoms with Crippen molar-refractivity contribution in [1.29, 1.82) is 0 Å². The van der Waals surface area contributed by atoms with Crippen molar-refractivity contribution in [1.82, 2.24) is 25.6 Å².